The Labute approximate surface area is 120 Å². The molecule has 0 saturated carbocycles. The molecule has 0 aliphatic carbocycles. The van der Waals surface area contributed by atoms with Crippen molar-refractivity contribution in [3.63, 3.8) is 0 Å². The number of fused-ring (bicyclic) bond motifs is 1. The van der Waals surface area contributed by atoms with Gasteiger partial charge in [-0.3, -0.25) is 19.4 Å². The van der Waals surface area contributed by atoms with Crippen molar-refractivity contribution in [1.82, 2.24) is 4.90 Å². The van der Waals surface area contributed by atoms with Gasteiger partial charge in [0.15, 0.2) is 0 Å². The minimum absolute atomic E-state index is 0.108. The summed E-state index contributed by atoms with van der Waals surface area (Å²) in [6.45, 7) is 11.6. The van der Waals surface area contributed by atoms with Crippen LogP contribution >= 0.6 is 0 Å². The molecule has 1 amide bonds. The standard InChI is InChI=1S/C16H22N2O2/c1-6-17(7-2)12(5)18-14-11(4)9-8-10(3)13(14)15(19)16(18)20/h8-9,12H,6-7H2,1-5H3. The fourth-order valence-corrected chi connectivity index (χ4v) is 2.98. The topological polar surface area (TPSA) is 40.6 Å². The molecule has 4 heteroatoms. The summed E-state index contributed by atoms with van der Waals surface area (Å²) < 4.78 is 0. The van der Waals surface area contributed by atoms with E-state index in [1.165, 1.54) is 0 Å². The van der Waals surface area contributed by atoms with Gasteiger partial charge in [0, 0.05) is 0 Å². The molecule has 1 aliphatic rings. The molecule has 0 fully saturated rings. The highest BCUT2D eigenvalue weighted by molar-refractivity contribution is 6.52. The lowest BCUT2D eigenvalue weighted by molar-refractivity contribution is -0.115. The van der Waals surface area contributed by atoms with E-state index in [1.807, 2.05) is 32.9 Å². The first-order chi connectivity index (χ1) is 9.43. The van der Waals surface area contributed by atoms with E-state index in [0.717, 1.165) is 29.9 Å². The number of amides is 1. The summed E-state index contributed by atoms with van der Waals surface area (Å²) in [6, 6.07) is 3.88. The van der Waals surface area contributed by atoms with Crippen LogP contribution in [0.1, 0.15) is 42.3 Å². The molecule has 0 bridgehead atoms. The zero-order valence-electron chi connectivity index (χ0n) is 12.9. The van der Waals surface area contributed by atoms with E-state index in [-0.39, 0.29) is 11.9 Å². The van der Waals surface area contributed by atoms with E-state index in [4.69, 9.17) is 0 Å². The summed E-state index contributed by atoms with van der Waals surface area (Å²) in [5.41, 5.74) is 3.22. The number of anilines is 1. The molecule has 2 rings (SSSR count). The van der Waals surface area contributed by atoms with Gasteiger partial charge in [-0.05, 0) is 45.0 Å². The molecule has 0 aromatic heterocycles. The van der Waals surface area contributed by atoms with Crippen LogP contribution in [0.25, 0.3) is 0 Å². The van der Waals surface area contributed by atoms with E-state index >= 15 is 0 Å². The Kier molecular flexibility index (Phi) is 3.95. The first kappa shape index (κ1) is 14.7. The van der Waals surface area contributed by atoms with Crippen LogP contribution in [-0.4, -0.2) is 35.8 Å². The lowest BCUT2D eigenvalue weighted by atomic mass is 10.0. The van der Waals surface area contributed by atoms with Gasteiger partial charge < -0.3 is 0 Å². The van der Waals surface area contributed by atoms with Gasteiger partial charge in [-0.2, -0.15) is 0 Å². The maximum Gasteiger partial charge on any atom is 0.300 e. The molecule has 0 saturated heterocycles. The summed E-state index contributed by atoms with van der Waals surface area (Å²) >= 11 is 0. The fraction of sp³-hybridized carbons (Fsp3) is 0.500. The third-order valence-electron chi connectivity index (χ3n) is 4.18. The molecule has 1 unspecified atom stereocenters. The summed E-state index contributed by atoms with van der Waals surface area (Å²) in [5, 5.41) is 0. The Morgan fingerprint density at radius 2 is 1.65 bits per heavy atom. The number of carbonyl (C=O) groups is 2. The molecular formula is C16H22N2O2. The Bertz CT molecular complexity index is 562. The Hall–Kier alpha value is -1.68. The molecule has 1 aliphatic heterocycles. The smallest absolute Gasteiger partial charge is 0.289 e. The Balaban J connectivity index is 2.56. The molecule has 1 heterocycles. The highest BCUT2D eigenvalue weighted by Gasteiger charge is 2.41. The molecule has 0 N–H and O–H groups in total. The summed E-state index contributed by atoms with van der Waals surface area (Å²) in [7, 11) is 0. The maximum absolute atomic E-state index is 12.4. The van der Waals surface area contributed by atoms with Gasteiger partial charge in [0.1, 0.15) is 0 Å². The minimum atomic E-state index is -0.406. The number of carbonyl (C=O) groups excluding carboxylic acids is 2. The largest absolute Gasteiger partial charge is 0.300 e. The van der Waals surface area contributed by atoms with Crippen LogP contribution in [0.2, 0.25) is 0 Å². The predicted molar refractivity (Wildman–Crippen MR) is 80.1 cm³/mol. The fourth-order valence-electron chi connectivity index (χ4n) is 2.98. The SMILES string of the molecule is CCN(CC)C(C)N1C(=O)C(=O)c2c(C)ccc(C)c21. The van der Waals surface area contributed by atoms with Crippen LogP contribution in [0.3, 0.4) is 0 Å². The third-order valence-corrected chi connectivity index (χ3v) is 4.18. The van der Waals surface area contributed by atoms with E-state index < -0.39 is 5.91 Å². The van der Waals surface area contributed by atoms with Crippen molar-refractivity contribution in [2.24, 2.45) is 0 Å². The highest BCUT2D eigenvalue weighted by atomic mass is 16.2. The number of ketones is 1. The first-order valence-corrected chi connectivity index (χ1v) is 7.16. The van der Waals surface area contributed by atoms with E-state index in [2.05, 4.69) is 18.7 Å². The van der Waals surface area contributed by atoms with Crippen molar-refractivity contribution in [1.29, 1.82) is 0 Å². The number of nitrogens with zero attached hydrogens (tertiary/aromatic N) is 2. The second-order valence-electron chi connectivity index (χ2n) is 5.28. The number of rotatable bonds is 4. The maximum atomic E-state index is 12.4. The van der Waals surface area contributed by atoms with Crippen LogP contribution in [0.4, 0.5) is 5.69 Å². The molecule has 4 nitrogen and oxygen atoms in total. The summed E-state index contributed by atoms with van der Waals surface area (Å²) in [5.74, 6) is -0.781. The monoisotopic (exact) mass is 274 g/mol. The number of hydrogen-bond acceptors (Lipinski definition) is 3. The molecule has 1 atom stereocenters. The minimum Gasteiger partial charge on any atom is -0.289 e. The van der Waals surface area contributed by atoms with E-state index in [1.54, 1.807) is 4.90 Å². The van der Waals surface area contributed by atoms with Crippen molar-refractivity contribution in [2.45, 2.75) is 40.8 Å². The van der Waals surface area contributed by atoms with Crippen molar-refractivity contribution in [3.8, 4) is 0 Å². The van der Waals surface area contributed by atoms with Crippen LogP contribution in [0.5, 0.6) is 0 Å². The molecule has 1 aromatic rings. The third kappa shape index (κ3) is 2.04. The number of Topliss-reactive ketones (excluding diaryl/α,β-unsaturated/α-hetero) is 1. The second kappa shape index (κ2) is 5.37. The van der Waals surface area contributed by atoms with Crippen molar-refractivity contribution < 1.29 is 9.59 Å². The normalized spacial score (nSPS) is 16.0. The van der Waals surface area contributed by atoms with Crippen molar-refractivity contribution >= 4 is 17.4 Å². The van der Waals surface area contributed by atoms with Gasteiger partial charge in [0.25, 0.3) is 5.78 Å². The molecule has 108 valence electrons. The van der Waals surface area contributed by atoms with E-state index in [9.17, 15) is 9.59 Å². The molecule has 20 heavy (non-hydrogen) atoms. The zero-order chi connectivity index (χ0) is 15.0. The van der Waals surface area contributed by atoms with Gasteiger partial charge in [-0.1, -0.05) is 26.0 Å². The lowest BCUT2D eigenvalue weighted by Crippen LogP contribution is -2.49. The van der Waals surface area contributed by atoms with Gasteiger partial charge >= 0.3 is 5.91 Å². The average molecular weight is 274 g/mol. The van der Waals surface area contributed by atoms with Gasteiger partial charge in [0.05, 0.1) is 17.4 Å². The lowest BCUT2D eigenvalue weighted by Gasteiger charge is -2.34. The van der Waals surface area contributed by atoms with Gasteiger partial charge in [-0.15, -0.1) is 0 Å². The van der Waals surface area contributed by atoms with Gasteiger partial charge in [-0.25, -0.2) is 0 Å². The molecular weight excluding hydrogens is 252 g/mol. The number of aryl methyl sites for hydroxylation is 2. The van der Waals surface area contributed by atoms with Crippen molar-refractivity contribution in [3.05, 3.63) is 28.8 Å². The number of benzene rings is 1. The Morgan fingerprint density at radius 1 is 1.10 bits per heavy atom. The Morgan fingerprint density at radius 3 is 2.20 bits per heavy atom. The predicted octanol–water partition coefficient (Wildman–Crippen LogP) is 2.52. The summed E-state index contributed by atoms with van der Waals surface area (Å²) in [6.07, 6.45) is -0.108. The van der Waals surface area contributed by atoms with Gasteiger partial charge in [0.2, 0.25) is 0 Å². The number of hydrogen-bond donors (Lipinski definition) is 0. The molecule has 1 aromatic carbocycles. The van der Waals surface area contributed by atoms with E-state index in [0.29, 0.717) is 5.56 Å². The zero-order valence-corrected chi connectivity index (χ0v) is 12.9. The van der Waals surface area contributed by atoms with Crippen LogP contribution in [-0.2, 0) is 4.79 Å². The first-order valence-electron chi connectivity index (χ1n) is 7.16. The second-order valence-corrected chi connectivity index (χ2v) is 5.28. The molecule has 0 radical (unpaired) electrons. The average Bonchev–Trinajstić information content (AvgIpc) is 2.69. The van der Waals surface area contributed by atoms with Crippen LogP contribution in [0, 0.1) is 13.8 Å². The molecule has 0 spiro atoms. The van der Waals surface area contributed by atoms with Crippen LogP contribution in [0.15, 0.2) is 12.1 Å². The van der Waals surface area contributed by atoms with Crippen molar-refractivity contribution in [2.75, 3.05) is 18.0 Å². The summed E-state index contributed by atoms with van der Waals surface area (Å²) in [4.78, 5) is 28.5. The van der Waals surface area contributed by atoms with Crippen LogP contribution < -0.4 is 4.90 Å². The quantitative estimate of drug-likeness (QED) is 0.792. The highest BCUT2D eigenvalue weighted by Crippen LogP contribution is 2.36.